The van der Waals surface area contributed by atoms with E-state index in [0.717, 1.165) is 85.6 Å². The number of ether oxygens (including phenoxy) is 4. The summed E-state index contributed by atoms with van der Waals surface area (Å²) in [7, 11) is -4.29. The van der Waals surface area contributed by atoms with Crippen molar-refractivity contribution in [1.29, 1.82) is 0 Å². The van der Waals surface area contributed by atoms with Gasteiger partial charge in [0.2, 0.25) is 37.8 Å². The lowest BCUT2D eigenvalue weighted by Crippen LogP contribution is -2.60. The predicted molar refractivity (Wildman–Crippen MR) is 403 cm³/mol. The standard InChI is InChI=1S/C40H52N4O8S.C31H40N2O6.C9H14N2O3S/c1-6-28-23-40(28,36(47)43-53(49,50)30-20-21-30)42-34(45)32-24-39(51-5)25-44(32)35(46)33(38(2,3)4)41-37(48)52-22-12-8-7-9-13-26-14-10-11-15-31(26)27-16-18-29(39)19-17-27;1-30(2,3)26-27(34)33-20-31(38-4,19-25(33)28(35)36)23-16-14-22(15-17-23)24-13-9-8-12-21(24)11-7-5-6-10-18-39-29(37)32-26;1-2-6-5-9(6,10)8(12)11-15(13,14)7-3-4-7/h6,10-11,14-19,28,30,32-33H,1,7-9,12-13,20-25H2,2-5H3,(H,41,48)(H,42,45)(H,43,47);8-9,12-17,25-26H,5-7,10-11,18-20H2,1-4H3,(H,32,37)(H,35,36);2,6-7H,1,3-5,10H2,(H,11,12)/t28-,32+,33-,39+,40-;25-,26+,31-;6-,9-/m101/s1. The van der Waals surface area contributed by atoms with Crippen LogP contribution in [-0.4, -0.2) is 166 Å². The molecule has 4 aromatic rings. The number of fused-ring (bicyclic) bond motifs is 24. The van der Waals surface area contributed by atoms with E-state index >= 15 is 0 Å². The van der Waals surface area contributed by atoms with Gasteiger partial charge < -0.3 is 55.5 Å². The van der Waals surface area contributed by atoms with Crippen molar-refractivity contribution in [2.75, 3.05) is 40.5 Å². The number of hydrogen-bond donors (Lipinski definition) is 7. The predicted octanol–water partition coefficient (Wildman–Crippen LogP) is 9.36. The van der Waals surface area contributed by atoms with Crippen LogP contribution in [0.25, 0.3) is 22.3 Å². The third-order valence-electron chi connectivity index (χ3n) is 22.2. The summed E-state index contributed by atoms with van der Waals surface area (Å²) < 4.78 is 75.8. The number of carbonyl (C=O) groups excluding carboxylic acids is 7. The molecule has 0 radical (unpaired) electrons. The number of alkyl carbamates (subject to hydrolysis) is 2. The van der Waals surface area contributed by atoms with Crippen LogP contribution in [0, 0.1) is 22.7 Å². The van der Waals surface area contributed by atoms with Gasteiger partial charge in [-0.3, -0.25) is 33.4 Å². The van der Waals surface area contributed by atoms with E-state index in [4.69, 9.17) is 24.7 Å². The van der Waals surface area contributed by atoms with Crippen LogP contribution in [-0.2, 0) is 91.8 Å². The number of sulfonamides is 2. The molecule has 14 rings (SSSR count). The quantitative estimate of drug-likeness (QED) is 0.0613. The molecular weight excluding hydrogens is 1410 g/mol. The van der Waals surface area contributed by atoms with Gasteiger partial charge in [-0.25, -0.2) is 31.2 Å². The van der Waals surface area contributed by atoms with Gasteiger partial charge in [0.1, 0.15) is 46.4 Å². The molecular formula is C80H106N8O17S2. The van der Waals surface area contributed by atoms with Crippen molar-refractivity contribution in [2.24, 2.45) is 28.4 Å². The monoisotopic (exact) mass is 1510 g/mol. The van der Waals surface area contributed by atoms with Gasteiger partial charge in [-0.05, 0) is 132 Å². The molecule has 4 aliphatic carbocycles. The maximum Gasteiger partial charge on any atom is 0.407 e. The Hall–Kier alpha value is -8.50. The SMILES string of the molecule is C=C[C@@H]1C[C@]1(N)C(=O)NS(=O)(=O)C1CC1.C=C[C@@H]1C[C@]1(NC(=O)[C@@H]1C[C@]2(OC)CN1C(=O)[C@H](C(C)(C)C)NC(=O)OCCCCCCc1ccccc1-c1ccc2cc1)C(=O)NS(=O)(=O)C1CC1.CO[C@@]12C[C@@H](C(=O)O)N(C1)C(=O)[C@H](C(C)(C)C)NC(=O)OCCCCCCc1ccccc1-c1ccc2cc1. The molecule has 8 N–H and O–H groups in total. The minimum Gasteiger partial charge on any atom is -0.480 e. The molecule has 0 aromatic heterocycles. The van der Waals surface area contributed by atoms with Crippen LogP contribution in [0.15, 0.2) is 122 Å². The molecule has 107 heavy (non-hydrogen) atoms. The van der Waals surface area contributed by atoms with Gasteiger partial charge in [-0.1, -0.05) is 176 Å². The summed E-state index contributed by atoms with van der Waals surface area (Å²) >= 11 is 0. The number of hydrogen-bond acceptors (Lipinski definition) is 17. The second-order valence-electron chi connectivity index (χ2n) is 32.0. The first kappa shape index (κ1) is 81.0. The Bertz CT molecular complexity index is 4230. The van der Waals surface area contributed by atoms with Crippen molar-refractivity contribution in [2.45, 2.75) is 214 Å². The topological polar surface area (TPSA) is 355 Å². The molecule has 4 aromatic carbocycles. The summed E-state index contributed by atoms with van der Waals surface area (Å²) in [6.07, 6.45) is 13.8. The van der Waals surface area contributed by atoms with Crippen LogP contribution in [0.2, 0.25) is 0 Å². The molecule has 4 saturated carbocycles. The summed E-state index contributed by atoms with van der Waals surface area (Å²) in [5, 5.41) is 17.4. The zero-order chi connectivity index (χ0) is 77.7. The molecule has 6 aliphatic heterocycles. The lowest BCUT2D eigenvalue weighted by molar-refractivity contribution is -0.150. The molecule has 2 saturated heterocycles. The largest absolute Gasteiger partial charge is 0.480 e. The molecule has 10 aliphatic rings. The molecule has 580 valence electrons. The number of nitrogens with one attached hydrogen (secondary N) is 5. The van der Waals surface area contributed by atoms with Gasteiger partial charge in [0.05, 0.1) is 36.8 Å². The van der Waals surface area contributed by atoms with E-state index < -0.39 is 141 Å². The fourth-order valence-electron chi connectivity index (χ4n) is 14.9. The Balaban J connectivity index is 0.000000197. The van der Waals surface area contributed by atoms with E-state index in [9.17, 15) is 60.3 Å². The molecule has 0 spiro atoms. The maximum absolute atomic E-state index is 14.7. The zero-order valence-electron chi connectivity index (χ0n) is 62.7. The highest BCUT2D eigenvalue weighted by molar-refractivity contribution is 7.91. The fourth-order valence-corrected chi connectivity index (χ4v) is 17.7. The number of rotatable bonds is 13. The Morgan fingerprint density at radius 2 is 0.963 bits per heavy atom. The Kier molecular flexibility index (Phi) is 24.8. The van der Waals surface area contributed by atoms with Crippen LogP contribution >= 0.6 is 0 Å². The Morgan fingerprint density at radius 1 is 0.561 bits per heavy atom. The lowest BCUT2D eigenvalue weighted by Gasteiger charge is -2.36. The van der Waals surface area contributed by atoms with Crippen LogP contribution in [0.4, 0.5) is 9.59 Å². The van der Waals surface area contributed by atoms with Crippen molar-refractivity contribution in [1.82, 2.24) is 35.2 Å². The first-order valence-corrected chi connectivity index (χ1v) is 40.4. The molecule has 7 amide bonds. The summed E-state index contributed by atoms with van der Waals surface area (Å²) in [5.41, 5.74) is 8.01. The number of carboxylic acids is 1. The Labute approximate surface area is 628 Å². The number of nitrogens with two attached hydrogens (primary N) is 1. The van der Waals surface area contributed by atoms with Gasteiger partial charge in [-0.2, -0.15) is 0 Å². The van der Waals surface area contributed by atoms with Crippen LogP contribution in [0.1, 0.15) is 167 Å². The molecule has 6 heterocycles. The van der Waals surface area contributed by atoms with E-state index in [2.05, 4.69) is 64.2 Å². The normalized spacial score (nSPS) is 27.9. The minimum absolute atomic E-state index is 0.0280. The van der Waals surface area contributed by atoms with Crippen molar-refractivity contribution in [3.05, 3.63) is 145 Å². The van der Waals surface area contributed by atoms with Gasteiger partial charge in [0, 0.05) is 38.9 Å². The van der Waals surface area contributed by atoms with Crippen molar-refractivity contribution in [3.63, 3.8) is 0 Å². The van der Waals surface area contributed by atoms with E-state index in [1.54, 1.807) is 13.2 Å². The third-order valence-corrected chi connectivity index (χ3v) is 25.8. The van der Waals surface area contributed by atoms with Crippen molar-refractivity contribution >= 4 is 67.7 Å². The molecule has 8 bridgehead atoms. The molecule has 6 fully saturated rings. The average molecular weight is 1520 g/mol. The number of aliphatic carboxylic acids is 1. The molecule has 25 nitrogen and oxygen atoms in total. The minimum atomic E-state index is -3.89. The zero-order valence-corrected chi connectivity index (χ0v) is 64.4. The maximum atomic E-state index is 14.7. The average Bonchev–Trinajstić information content (AvgIpc) is 1.58. The lowest BCUT2D eigenvalue weighted by atomic mass is 9.85. The smallest absolute Gasteiger partial charge is 0.407 e. The number of amides is 7. The number of benzene rings is 4. The first-order valence-electron chi connectivity index (χ1n) is 37.3. The van der Waals surface area contributed by atoms with Crippen molar-refractivity contribution < 1.29 is 79.2 Å². The van der Waals surface area contributed by atoms with Gasteiger partial charge >= 0.3 is 18.2 Å². The number of methoxy groups -OCH3 is 2. The first-order chi connectivity index (χ1) is 50.6. The van der Waals surface area contributed by atoms with E-state index in [-0.39, 0.29) is 51.5 Å². The fraction of sp³-hybridized carbons (Fsp3) is 0.550. The number of nitrogens with zero attached hydrogens (tertiary/aromatic N) is 2. The van der Waals surface area contributed by atoms with Gasteiger partial charge in [0.25, 0.3) is 11.8 Å². The summed E-state index contributed by atoms with van der Waals surface area (Å²) in [4.78, 5) is 109. The number of carboxylic acid groups (broad SMARTS) is 1. The highest BCUT2D eigenvalue weighted by atomic mass is 32.2. The van der Waals surface area contributed by atoms with E-state index in [0.29, 0.717) is 38.5 Å². The highest BCUT2D eigenvalue weighted by Gasteiger charge is 2.63. The van der Waals surface area contributed by atoms with Crippen molar-refractivity contribution in [3.8, 4) is 22.3 Å². The number of carbonyl (C=O) groups is 8. The Morgan fingerprint density at radius 3 is 1.35 bits per heavy atom. The van der Waals surface area contributed by atoms with Crippen LogP contribution < -0.4 is 31.1 Å². The molecule has 27 heteroatoms. The van der Waals surface area contributed by atoms with Gasteiger partial charge in [-0.15, -0.1) is 13.2 Å². The van der Waals surface area contributed by atoms with Gasteiger partial charge in [0.15, 0.2) is 0 Å². The molecule has 0 unspecified atom stereocenters. The van der Waals surface area contributed by atoms with Crippen LogP contribution in [0.3, 0.4) is 0 Å². The highest BCUT2D eigenvalue weighted by Crippen LogP contribution is 2.48. The molecule has 10 atom stereocenters. The summed E-state index contributed by atoms with van der Waals surface area (Å²) in [6, 6.07) is 28.4. The third kappa shape index (κ3) is 18.6. The summed E-state index contributed by atoms with van der Waals surface area (Å²) in [6.45, 7) is 18.8. The van der Waals surface area contributed by atoms with E-state index in [1.807, 2.05) is 113 Å². The number of aryl methyl sites for hydroxylation is 2. The second kappa shape index (κ2) is 32.8. The second-order valence-corrected chi connectivity index (χ2v) is 35.9. The summed E-state index contributed by atoms with van der Waals surface area (Å²) in [5.74, 6) is -4.77. The van der Waals surface area contributed by atoms with Crippen LogP contribution in [0.5, 0.6) is 0 Å². The van der Waals surface area contributed by atoms with E-state index in [1.165, 1.54) is 39.7 Å².